The molecule has 0 radical (unpaired) electrons. The monoisotopic (exact) mass is 314 g/mol. The van der Waals surface area contributed by atoms with E-state index in [0.717, 1.165) is 6.42 Å². The van der Waals surface area contributed by atoms with Crippen molar-refractivity contribution >= 4 is 11.6 Å². The number of nitrogens with one attached hydrogen (secondary N) is 1. The molecule has 2 rings (SSSR count). The van der Waals surface area contributed by atoms with Crippen LogP contribution in [0.5, 0.6) is 11.5 Å². The van der Waals surface area contributed by atoms with Crippen molar-refractivity contribution in [2.24, 2.45) is 5.92 Å². The summed E-state index contributed by atoms with van der Waals surface area (Å²) in [7, 11) is 1.56. The first-order chi connectivity index (χ1) is 11.1. The Morgan fingerprint density at radius 3 is 2.74 bits per heavy atom. The van der Waals surface area contributed by atoms with Crippen LogP contribution >= 0.6 is 0 Å². The van der Waals surface area contributed by atoms with Crippen molar-refractivity contribution in [1.29, 1.82) is 0 Å². The van der Waals surface area contributed by atoms with Crippen LogP contribution in [0.4, 0.5) is 5.69 Å². The van der Waals surface area contributed by atoms with E-state index in [1.165, 1.54) is 0 Å². The number of rotatable bonds is 7. The number of anilines is 1. The number of ether oxygens (including phenoxy) is 2. The molecule has 0 fully saturated rings. The summed E-state index contributed by atoms with van der Waals surface area (Å²) >= 11 is 0. The van der Waals surface area contributed by atoms with E-state index in [9.17, 15) is 4.79 Å². The Balaban J connectivity index is 2.07. The number of pyridine rings is 1. The Kier molecular flexibility index (Phi) is 5.97. The van der Waals surface area contributed by atoms with Crippen LogP contribution in [0, 0.1) is 5.92 Å². The Morgan fingerprint density at radius 1 is 1.26 bits per heavy atom. The quantitative estimate of drug-likeness (QED) is 0.845. The molecule has 23 heavy (non-hydrogen) atoms. The van der Waals surface area contributed by atoms with Gasteiger partial charge >= 0.3 is 0 Å². The van der Waals surface area contributed by atoms with Crippen LogP contribution in [0.15, 0.2) is 42.7 Å². The van der Waals surface area contributed by atoms with E-state index in [4.69, 9.17) is 9.47 Å². The second kappa shape index (κ2) is 8.17. The zero-order chi connectivity index (χ0) is 16.7. The van der Waals surface area contributed by atoms with Gasteiger partial charge in [0, 0.05) is 11.8 Å². The Labute approximate surface area is 136 Å². The molecule has 1 aromatic carbocycles. The molecule has 0 saturated carbocycles. The third-order valence-electron chi connectivity index (χ3n) is 3.30. The number of amides is 1. The number of carbonyl (C=O) groups is 1. The molecular formula is C18H22N2O3. The van der Waals surface area contributed by atoms with Crippen LogP contribution in [-0.4, -0.2) is 24.6 Å². The van der Waals surface area contributed by atoms with Crippen LogP contribution in [0.2, 0.25) is 0 Å². The first-order valence-corrected chi connectivity index (χ1v) is 7.62. The standard InChI is InChI=1S/C18H22N2O3/c1-13(2)8-10-23-16-7-6-14(11-17(16)22-3)18(21)20-15-5-4-9-19-12-15/h4-7,9,11-13H,8,10H2,1-3H3,(H,20,21). The van der Waals surface area contributed by atoms with Crippen LogP contribution in [0.25, 0.3) is 0 Å². The molecular weight excluding hydrogens is 292 g/mol. The summed E-state index contributed by atoms with van der Waals surface area (Å²) in [4.78, 5) is 16.2. The van der Waals surface area contributed by atoms with Gasteiger partial charge in [-0.15, -0.1) is 0 Å². The van der Waals surface area contributed by atoms with Crippen molar-refractivity contribution in [3.8, 4) is 11.5 Å². The largest absolute Gasteiger partial charge is 0.493 e. The maximum absolute atomic E-state index is 12.3. The van der Waals surface area contributed by atoms with E-state index in [-0.39, 0.29) is 5.91 Å². The first-order valence-electron chi connectivity index (χ1n) is 7.62. The van der Waals surface area contributed by atoms with Crippen molar-refractivity contribution in [3.63, 3.8) is 0 Å². The van der Waals surface area contributed by atoms with E-state index in [1.807, 2.05) is 0 Å². The van der Waals surface area contributed by atoms with Gasteiger partial charge in [0.05, 0.1) is 25.6 Å². The highest BCUT2D eigenvalue weighted by molar-refractivity contribution is 6.04. The summed E-state index contributed by atoms with van der Waals surface area (Å²) in [6.45, 7) is 4.91. The SMILES string of the molecule is COc1cc(C(=O)Nc2cccnc2)ccc1OCCC(C)C. The molecule has 0 aliphatic carbocycles. The average Bonchev–Trinajstić information content (AvgIpc) is 2.55. The van der Waals surface area contributed by atoms with Gasteiger partial charge in [0.25, 0.3) is 5.91 Å². The summed E-state index contributed by atoms with van der Waals surface area (Å²) in [5.41, 5.74) is 1.15. The number of aromatic nitrogens is 1. The Hall–Kier alpha value is -2.56. The summed E-state index contributed by atoms with van der Waals surface area (Å²) in [6, 6.07) is 8.71. The molecule has 0 spiro atoms. The van der Waals surface area contributed by atoms with Gasteiger partial charge in [-0.2, -0.15) is 0 Å². The van der Waals surface area contributed by atoms with Gasteiger partial charge in [-0.1, -0.05) is 13.8 Å². The van der Waals surface area contributed by atoms with E-state index in [1.54, 1.807) is 49.8 Å². The fourth-order valence-electron chi connectivity index (χ4n) is 1.97. The molecule has 0 aliphatic heterocycles. The molecule has 1 N–H and O–H groups in total. The lowest BCUT2D eigenvalue weighted by atomic mass is 10.1. The van der Waals surface area contributed by atoms with E-state index in [2.05, 4.69) is 24.1 Å². The minimum atomic E-state index is -0.218. The normalized spacial score (nSPS) is 10.4. The second-order valence-corrected chi connectivity index (χ2v) is 5.59. The van der Waals surface area contributed by atoms with E-state index >= 15 is 0 Å². The zero-order valence-electron chi connectivity index (χ0n) is 13.7. The predicted octanol–water partition coefficient (Wildman–Crippen LogP) is 3.77. The highest BCUT2D eigenvalue weighted by atomic mass is 16.5. The lowest BCUT2D eigenvalue weighted by Gasteiger charge is -2.13. The van der Waals surface area contributed by atoms with Gasteiger partial charge in [-0.25, -0.2) is 0 Å². The van der Waals surface area contributed by atoms with Crippen LogP contribution in [0.1, 0.15) is 30.6 Å². The third kappa shape index (κ3) is 4.98. The van der Waals surface area contributed by atoms with Crippen molar-refractivity contribution in [3.05, 3.63) is 48.3 Å². The van der Waals surface area contributed by atoms with Crippen molar-refractivity contribution in [1.82, 2.24) is 4.98 Å². The van der Waals surface area contributed by atoms with Crippen molar-refractivity contribution < 1.29 is 14.3 Å². The molecule has 5 heteroatoms. The lowest BCUT2D eigenvalue weighted by molar-refractivity contribution is 0.102. The van der Waals surface area contributed by atoms with E-state index < -0.39 is 0 Å². The molecule has 1 heterocycles. The number of hydrogen-bond acceptors (Lipinski definition) is 4. The first kappa shape index (κ1) is 16.8. The fraction of sp³-hybridized carbons (Fsp3) is 0.333. The second-order valence-electron chi connectivity index (χ2n) is 5.59. The molecule has 0 bridgehead atoms. The average molecular weight is 314 g/mol. The molecule has 1 aromatic heterocycles. The van der Waals surface area contributed by atoms with Gasteiger partial charge in [0.2, 0.25) is 0 Å². The minimum Gasteiger partial charge on any atom is -0.493 e. The Morgan fingerprint density at radius 2 is 2.09 bits per heavy atom. The molecule has 0 aliphatic rings. The molecule has 5 nitrogen and oxygen atoms in total. The smallest absolute Gasteiger partial charge is 0.255 e. The fourth-order valence-corrected chi connectivity index (χ4v) is 1.97. The number of nitrogens with zero attached hydrogens (tertiary/aromatic N) is 1. The predicted molar refractivity (Wildman–Crippen MR) is 90.1 cm³/mol. The molecule has 0 atom stereocenters. The maximum atomic E-state index is 12.3. The minimum absolute atomic E-state index is 0.218. The van der Waals surface area contributed by atoms with Gasteiger partial charge in [-0.05, 0) is 42.7 Å². The topological polar surface area (TPSA) is 60.5 Å². The van der Waals surface area contributed by atoms with Gasteiger partial charge in [0.1, 0.15) is 0 Å². The van der Waals surface area contributed by atoms with Crippen molar-refractivity contribution in [2.45, 2.75) is 20.3 Å². The van der Waals surface area contributed by atoms with Gasteiger partial charge in [0.15, 0.2) is 11.5 Å². The third-order valence-corrected chi connectivity index (χ3v) is 3.30. The highest BCUT2D eigenvalue weighted by Gasteiger charge is 2.11. The summed E-state index contributed by atoms with van der Waals surface area (Å²) < 4.78 is 11.1. The van der Waals surface area contributed by atoms with Crippen LogP contribution in [-0.2, 0) is 0 Å². The van der Waals surface area contributed by atoms with E-state index in [0.29, 0.717) is 35.3 Å². The van der Waals surface area contributed by atoms with Crippen LogP contribution in [0.3, 0.4) is 0 Å². The number of hydrogen-bond donors (Lipinski definition) is 1. The molecule has 1 amide bonds. The highest BCUT2D eigenvalue weighted by Crippen LogP contribution is 2.28. The zero-order valence-corrected chi connectivity index (χ0v) is 13.7. The lowest BCUT2D eigenvalue weighted by Crippen LogP contribution is -2.12. The number of benzene rings is 1. The van der Waals surface area contributed by atoms with Crippen molar-refractivity contribution in [2.75, 3.05) is 19.0 Å². The van der Waals surface area contributed by atoms with Gasteiger partial charge < -0.3 is 14.8 Å². The maximum Gasteiger partial charge on any atom is 0.255 e. The summed E-state index contributed by atoms with van der Waals surface area (Å²) in [6.07, 6.45) is 4.22. The molecule has 0 unspecified atom stereocenters. The summed E-state index contributed by atoms with van der Waals surface area (Å²) in [5.74, 6) is 1.55. The molecule has 122 valence electrons. The van der Waals surface area contributed by atoms with Gasteiger partial charge in [-0.3, -0.25) is 9.78 Å². The van der Waals surface area contributed by atoms with Crippen LogP contribution < -0.4 is 14.8 Å². The number of methoxy groups -OCH3 is 1. The number of carbonyl (C=O) groups excluding carboxylic acids is 1. The Bertz CT molecular complexity index is 642. The summed E-state index contributed by atoms with van der Waals surface area (Å²) in [5, 5.41) is 2.79. The molecule has 2 aromatic rings. The molecule has 0 saturated heterocycles.